The number of hydrogen-bond acceptors (Lipinski definition) is 3. The number of nitrogens with two attached hydrogens (primary N) is 1. The van der Waals surface area contributed by atoms with Crippen LogP contribution in [-0.2, 0) is 0 Å². The molecule has 100 valence electrons. The summed E-state index contributed by atoms with van der Waals surface area (Å²) in [5, 5.41) is 0. The van der Waals surface area contributed by atoms with Crippen molar-refractivity contribution in [1.29, 1.82) is 0 Å². The van der Waals surface area contributed by atoms with E-state index in [4.69, 9.17) is 10.5 Å². The summed E-state index contributed by atoms with van der Waals surface area (Å²) in [6, 6.07) is 9.25. The maximum Gasteiger partial charge on any atom is 0.250 e. The van der Waals surface area contributed by atoms with Crippen LogP contribution in [0.3, 0.4) is 0 Å². The Bertz CT molecular complexity index is 645. The van der Waals surface area contributed by atoms with Gasteiger partial charge in [-0.25, -0.2) is 0 Å². The monoisotopic (exact) mass is 258 g/mol. The molecule has 1 aromatic heterocycles. The third-order valence-corrected chi connectivity index (χ3v) is 3.07. The van der Waals surface area contributed by atoms with Crippen molar-refractivity contribution in [2.24, 2.45) is 0 Å². The largest absolute Gasteiger partial charge is 0.496 e. The molecule has 0 aliphatic carbocycles. The fourth-order valence-corrected chi connectivity index (χ4v) is 2.03. The first-order valence-electron chi connectivity index (χ1n) is 6.19. The van der Waals surface area contributed by atoms with E-state index in [9.17, 15) is 4.79 Å². The van der Waals surface area contributed by atoms with Crippen LogP contribution in [0.4, 0.5) is 5.82 Å². The summed E-state index contributed by atoms with van der Waals surface area (Å²) in [5.41, 5.74) is 8.27. The van der Waals surface area contributed by atoms with Crippen LogP contribution < -0.4 is 16.0 Å². The Morgan fingerprint density at radius 1 is 1.21 bits per heavy atom. The molecule has 0 spiro atoms. The molecule has 19 heavy (non-hydrogen) atoms. The molecular weight excluding hydrogens is 240 g/mol. The summed E-state index contributed by atoms with van der Waals surface area (Å²) in [5.74, 6) is 1.51. The molecule has 0 bridgehead atoms. The number of aromatic nitrogens is 1. The zero-order chi connectivity index (χ0) is 14.0. The van der Waals surface area contributed by atoms with Crippen LogP contribution >= 0.6 is 0 Å². The number of nitrogen functional groups attached to an aromatic ring is 1. The van der Waals surface area contributed by atoms with Crippen molar-refractivity contribution >= 4 is 5.82 Å². The van der Waals surface area contributed by atoms with Crippen molar-refractivity contribution in [3.63, 3.8) is 0 Å². The van der Waals surface area contributed by atoms with Crippen LogP contribution in [0.25, 0.3) is 11.1 Å². The average molecular weight is 258 g/mol. The number of hydrogen-bond donors (Lipinski definition) is 2. The summed E-state index contributed by atoms with van der Waals surface area (Å²) in [4.78, 5) is 14.0. The normalized spacial score (nSPS) is 10.7. The molecule has 0 saturated carbocycles. The van der Waals surface area contributed by atoms with Crippen molar-refractivity contribution in [2.45, 2.75) is 19.8 Å². The third kappa shape index (κ3) is 2.78. The molecular formula is C15H18N2O2. The highest BCUT2D eigenvalue weighted by Crippen LogP contribution is 2.32. The molecule has 3 N–H and O–H groups in total. The van der Waals surface area contributed by atoms with Gasteiger partial charge in [-0.05, 0) is 29.2 Å². The van der Waals surface area contributed by atoms with Crippen LogP contribution in [0.5, 0.6) is 5.75 Å². The number of rotatable bonds is 3. The van der Waals surface area contributed by atoms with Crippen molar-refractivity contribution in [1.82, 2.24) is 4.98 Å². The van der Waals surface area contributed by atoms with Crippen LogP contribution in [0.15, 0.2) is 35.1 Å². The van der Waals surface area contributed by atoms with E-state index < -0.39 is 0 Å². The molecule has 4 heteroatoms. The number of methoxy groups -OCH3 is 1. The Morgan fingerprint density at radius 2 is 1.95 bits per heavy atom. The minimum absolute atomic E-state index is 0.218. The lowest BCUT2D eigenvalue weighted by atomic mass is 9.98. The predicted molar refractivity (Wildman–Crippen MR) is 77.6 cm³/mol. The summed E-state index contributed by atoms with van der Waals surface area (Å²) < 4.78 is 5.42. The molecule has 2 aromatic rings. The maximum atomic E-state index is 11.5. The fourth-order valence-electron chi connectivity index (χ4n) is 2.03. The molecule has 0 aliphatic heterocycles. The number of anilines is 1. The van der Waals surface area contributed by atoms with Gasteiger partial charge >= 0.3 is 0 Å². The van der Waals surface area contributed by atoms with Gasteiger partial charge in [0.15, 0.2) is 0 Å². The summed E-state index contributed by atoms with van der Waals surface area (Å²) in [7, 11) is 1.62. The number of ether oxygens (including phenoxy) is 1. The Morgan fingerprint density at radius 3 is 2.53 bits per heavy atom. The second-order valence-electron chi connectivity index (χ2n) is 4.80. The molecule has 0 amide bonds. The Balaban J connectivity index is 2.58. The van der Waals surface area contributed by atoms with Crippen LogP contribution in [0.2, 0.25) is 0 Å². The van der Waals surface area contributed by atoms with E-state index in [1.165, 1.54) is 11.6 Å². The van der Waals surface area contributed by atoms with Gasteiger partial charge < -0.3 is 15.5 Å². The second-order valence-corrected chi connectivity index (χ2v) is 4.80. The second kappa shape index (κ2) is 5.18. The summed E-state index contributed by atoms with van der Waals surface area (Å²) in [6.45, 7) is 4.25. The van der Waals surface area contributed by atoms with E-state index in [0.717, 1.165) is 16.9 Å². The fraction of sp³-hybridized carbons (Fsp3) is 0.267. The predicted octanol–water partition coefficient (Wildman–Crippen LogP) is 2.76. The molecule has 0 radical (unpaired) electrons. The first-order valence-corrected chi connectivity index (χ1v) is 6.19. The topological polar surface area (TPSA) is 68.1 Å². The zero-order valence-electron chi connectivity index (χ0n) is 11.4. The minimum atomic E-state index is -0.218. The summed E-state index contributed by atoms with van der Waals surface area (Å²) in [6.07, 6.45) is 0. The van der Waals surface area contributed by atoms with Crippen molar-refractivity contribution in [3.05, 3.63) is 46.2 Å². The van der Waals surface area contributed by atoms with Gasteiger partial charge in [-0.1, -0.05) is 26.0 Å². The highest BCUT2D eigenvalue weighted by atomic mass is 16.5. The van der Waals surface area contributed by atoms with E-state index in [1.807, 2.05) is 18.2 Å². The highest BCUT2D eigenvalue weighted by molar-refractivity contribution is 5.72. The van der Waals surface area contributed by atoms with Gasteiger partial charge in [-0.15, -0.1) is 0 Å². The van der Waals surface area contributed by atoms with Crippen LogP contribution in [0, 0.1) is 0 Å². The van der Waals surface area contributed by atoms with E-state index in [-0.39, 0.29) is 5.56 Å². The molecule has 0 fully saturated rings. The molecule has 1 heterocycles. The molecule has 2 rings (SSSR count). The number of pyridine rings is 1. The van der Waals surface area contributed by atoms with Gasteiger partial charge in [0.25, 0.3) is 0 Å². The molecule has 0 atom stereocenters. The number of benzene rings is 1. The smallest absolute Gasteiger partial charge is 0.250 e. The van der Waals surface area contributed by atoms with Gasteiger partial charge in [0.05, 0.1) is 7.11 Å². The molecule has 4 nitrogen and oxygen atoms in total. The van der Waals surface area contributed by atoms with Crippen molar-refractivity contribution in [3.8, 4) is 16.9 Å². The first kappa shape index (κ1) is 13.2. The highest BCUT2D eigenvalue weighted by Gasteiger charge is 2.10. The zero-order valence-corrected chi connectivity index (χ0v) is 11.4. The molecule has 0 unspecified atom stereocenters. The number of nitrogens with one attached hydrogen (secondary N) is 1. The lowest BCUT2D eigenvalue weighted by Gasteiger charge is -2.13. The Labute approximate surface area is 112 Å². The minimum Gasteiger partial charge on any atom is -0.496 e. The van der Waals surface area contributed by atoms with Gasteiger partial charge in [0, 0.05) is 11.6 Å². The molecule has 0 saturated heterocycles. The summed E-state index contributed by atoms with van der Waals surface area (Å²) >= 11 is 0. The quantitative estimate of drug-likeness (QED) is 0.889. The lowest BCUT2D eigenvalue weighted by molar-refractivity contribution is 0.415. The van der Waals surface area contributed by atoms with Gasteiger partial charge in [-0.2, -0.15) is 0 Å². The van der Waals surface area contributed by atoms with Gasteiger partial charge in [0.1, 0.15) is 11.6 Å². The van der Waals surface area contributed by atoms with Crippen LogP contribution in [0.1, 0.15) is 25.3 Å². The van der Waals surface area contributed by atoms with E-state index in [2.05, 4.69) is 18.8 Å². The standard InChI is InChI=1S/C15H18N2O2/c1-9(2)10-4-5-12(13(6-10)19-3)11-7-14(16)17-15(18)8-11/h4-9H,1-3H3,(H3,16,17,18). The maximum absolute atomic E-state index is 11.5. The van der Waals surface area contributed by atoms with Crippen molar-refractivity contribution < 1.29 is 4.74 Å². The number of aromatic amines is 1. The van der Waals surface area contributed by atoms with Crippen LogP contribution in [-0.4, -0.2) is 12.1 Å². The van der Waals surface area contributed by atoms with E-state index in [1.54, 1.807) is 13.2 Å². The first-order chi connectivity index (χ1) is 9.01. The third-order valence-electron chi connectivity index (χ3n) is 3.07. The lowest BCUT2D eigenvalue weighted by Crippen LogP contribution is -2.07. The van der Waals surface area contributed by atoms with Gasteiger partial charge in [0.2, 0.25) is 5.56 Å². The van der Waals surface area contributed by atoms with Gasteiger partial charge in [-0.3, -0.25) is 4.79 Å². The van der Waals surface area contributed by atoms with E-state index in [0.29, 0.717) is 11.7 Å². The number of H-pyrrole nitrogens is 1. The average Bonchev–Trinajstić information content (AvgIpc) is 2.36. The van der Waals surface area contributed by atoms with Crippen molar-refractivity contribution in [2.75, 3.05) is 12.8 Å². The molecule has 1 aromatic carbocycles. The SMILES string of the molecule is COc1cc(C(C)C)ccc1-c1cc(N)[nH]c(=O)c1. The van der Waals surface area contributed by atoms with E-state index >= 15 is 0 Å². The Kier molecular flexibility index (Phi) is 3.60. The Hall–Kier alpha value is -2.23. The molecule has 0 aliphatic rings.